The molecule has 0 aliphatic rings. The Morgan fingerprint density at radius 1 is 1.22 bits per heavy atom. The van der Waals surface area contributed by atoms with Crippen molar-refractivity contribution in [2.45, 2.75) is 16.7 Å². The monoisotopic (exact) mass is 336 g/mol. The molecule has 0 radical (unpaired) electrons. The molecule has 1 unspecified atom stereocenters. The predicted octanol–water partition coefficient (Wildman–Crippen LogP) is 3.65. The summed E-state index contributed by atoms with van der Waals surface area (Å²) in [5.41, 5.74) is -1.87. The smallest absolute Gasteiger partial charge is 0.319 e. The zero-order chi connectivity index (χ0) is 17.0. The van der Waals surface area contributed by atoms with Gasteiger partial charge in [-0.05, 0) is 36.1 Å². The molecule has 0 aliphatic carbocycles. The van der Waals surface area contributed by atoms with Crippen LogP contribution >= 0.6 is 11.8 Å². The molecular formula is C17H14F2O3S. The second-order valence-corrected chi connectivity index (χ2v) is 5.81. The lowest BCUT2D eigenvalue weighted by molar-refractivity contribution is -0.143. The molecule has 0 spiro atoms. The first-order valence-corrected chi connectivity index (χ1v) is 7.95. The van der Waals surface area contributed by atoms with Crippen LogP contribution in [0.25, 0.3) is 0 Å². The van der Waals surface area contributed by atoms with Crippen LogP contribution in [-0.2, 0) is 15.0 Å². The third-order valence-corrected chi connectivity index (χ3v) is 4.45. The van der Waals surface area contributed by atoms with Crippen LogP contribution in [0.5, 0.6) is 0 Å². The van der Waals surface area contributed by atoms with E-state index in [0.717, 1.165) is 12.1 Å². The Balaban J connectivity index is 2.73. The number of halogens is 2. The highest BCUT2D eigenvalue weighted by atomic mass is 32.2. The second-order valence-electron chi connectivity index (χ2n) is 4.93. The molecule has 0 saturated heterocycles. The van der Waals surface area contributed by atoms with Gasteiger partial charge in [-0.15, -0.1) is 11.8 Å². The Labute approximate surface area is 136 Å². The van der Waals surface area contributed by atoms with Crippen LogP contribution in [0.15, 0.2) is 47.4 Å². The van der Waals surface area contributed by atoms with E-state index in [0.29, 0.717) is 11.2 Å². The van der Waals surface area contributed by atoms with E-state index < -0.39 is 29.4 Å². The van der Waals surface area contributed by atoms with Crippen LogP contribution in [0.1, 0.15) is 17.5 Å². The average molecular weight is 336 g/mol. The summed E-state index contributed by atoms with van der Waals surface area (Å²) in [6, 6.07) is 8.88. The summed E-state index contributed by atoms with van der Waals surface area (Å²) in [6.07, 6.45) is 1.74. The van der Waals surface area contributed by atoms with Gasteiger partial charge in [0.25, 0.3) is 0 Å². The minimum absolute atomic E-state index is 0.124. The molecule has 2 aromatic carbocycles. The minimum atomic E-state index is -1.89. The number of aldehydes is 1. The summed E-state index contributed by atoms with van der Waals surface area (Å²) in [5.74, 6) is -2.63. The van der Waals surface area contributed by atoms with Crippen LogP contribution in [0.3, 0.4) is 0 Å². The zero-order valence-corrected chi connectivity index (χ0v) is 13.1. The topological polar surface area (TPSA) is 54.4 Å². The van der Waals surface area contributed by atoms with Crippen molar-refractivity contribution >= 4 is 24.0 Å². The van der Waals surface area contributed by atoms with Gasteiger partial charge in [-0.3, -0.25) is 4.79 Å². The Morgan fingerprint density at radius 3 is 2.35 bits per heavy atom. The summed E-state index contributed by atoms with van der Waals surface area (Å²) in [6.45, 7) is 0. The van der Waals surface area contributed by atoms with E-state index in [1.807, 2.05) is 0 Å². The number of aliphatic carboxylic acids is 1. The third kappa shape index (κ3) is 3.12. The standard InChI is InChI=1S/C17H14F2O3S/c1-23-13-6-7-14(15(19)10-13)17(8-9-20,16(21)22)11-2-4-12(18)5-3-11/h2-7,9-10H,8H2,1H3,(H,21,22). The maximum Gasteiger partial charge on any atom is 0.319 e. The number of rotatable bonds is 6. The van der Waals surface area contributed by atoms with Crippen LogP contribution in [0.4, 0.5) is 8.78 Å². The number of carboxylic acid groups (broad SMARTS) is 1. The Bertz CT molecular complexity index is 731. The summed E-state index contributed by atoms with van der Waals surface area (Å²) < 4.78 is 27.7. The van der Waals surface area contributed by atoms with Gasteiger partial charge in [-0.2, -0.15) is 0 Å². The van der Waals surface area contributed by atoms with Crippen molar-refractivity contribution in [1.29, 1.82) is 0 Å². The van der Waals surface area contributed by atoms with Gasteiger partial charge in [-0.1, -0.05) is 18.2 Å². The summed E-state index contributed by atoms with van der Waals surface area (Å²) in [7, 11) is 0. The lowest BCUT2D eigenvalue weighted by Crippen LogP contribution is -2.38. The molecule has 0 fully saturated rings. The fourth-order valence-electron chi connectivity index (χ4n) is 2.54. The summed E-state index contributed by atoms with van der Waals surface area (Å²) in [5, 5.41) is 9.76. The Hall–Kier alpha value is -2.21. The van der Waals surface area contributed by atoms with Gasteiger partial charge in [0.1, 0.15) is 23.3 Å². The van der Waals surface area contributed by atoms with Gasteiger partial charge < -0.3 is 9.90 Å². The molecule has 120 valence electrons. The average Bonchev–Trinajstić information content (AvgIpc) is 2.53. The molecule has 0 aromatic heterocycles. The molecule has 2 aromatic rings. The van der Waals surface area contributed by atoms with Gasteiger partial charge >= 0.3 is 5.97 Å². The van der Waals surface area contributed by atoms with Crippen molar-refractivity contribution < 1.29 is 23.5 Å². The Kier molecular flexibility index (Phi) is 5.15. The number of carbonyl (C=O) groups excluding carboxylic acids is 1. The Morgan fingerprint density at radius 2 is 1.87 bits per heavy atom. The molecule has 0 saturated carbocycles. The first-order valence-electron chi connectivity index (χ1n) is 6.72. The van der Waals surface area contributed by atoms with Crippen molar-refractivity contribution in [3.8, 4) is 0 Å². The molecule has 2 rings (SSSR count). The highest BCUT2D eigenvalue weighted by Crippen LogP contribution is 2.38. The van der Waals surface area contributed by atoms with Crippen molar-refractivity contribution in [3.05, 3.63) is 65.2 Å². The van der Waals surface area contributed by atoms with E-state index >= 15 is 0 Å². The van der Waals surface area contributed by atoms with Crippen molar-refractivity contribution in [2.24, 2.45) is 0 Å². The first-order chi connectivity index (χ1) is 11.0. The van der Waals surface area contributed by atoms with E-state index in [-0.39, 0.29) is 11.1 Å². The molecule has 3 nitrogen and oxygen atoms in total. The second kappa shape index (κ2) is 6.91. The van der Waals surface area contributed by atoms with Crippen LogP contribution in [-0.4, -0.2) is 23.6 Å². The minimum Gasteiger partial charge on any atom is -0.480 e. The summed E-state index contributed by atoms with van der Waals surface area (Å²) >= 11 is 1.32. The number of hydrogen-bond acceptors (Lipinski definition) is 3. The fourth-order valence-corrected chi connectivity index (χ4v) is 2.96. The highest BCUT2D eigenvalue weighted by molar-refractivity contribution is 7.98. The van der Waals surface area contributed by atoms with Crippen LogP contribution in [0.2, 0.25) is 0 Å². The largest absolute Gasteiger partial charge is 0.480 e. The van der Waals surface area contributed by atoms with E-state index in [1.54, 1.807) is 12.3 Å². The number of carbonyl (C=O) groups is 2. The van der Waals surface area contributed by atoms with Crippen molar-refractivity contribution in [1.82, 2.24) is 0 Å². The highest BCUT2D eigenvalue weighted by Gasteiger charge is 2.44. The SMILES string of the molecule is CSc1ccc(C(CC=O)(C(=O)O)c2ccc(F)cc2)c(F)c1. The molecule has 0 amide bonds. The normalized spacial score (nSPS) is 13.3. The van der Waals surface area contributed by atoms with Gasteiger partial charge in [-0.25, -0.2) is 8.78 Å². The molecule has 0 heterocycles. The van der Waals surface area contributed by atoms with E-state index in [2.05, 4.69) is 0 Å². The third-order valence-electron chi connectivity index (χ3n) is 3.73. The number of hydrogen-bond donors (Lipinski definition) is 1. The van der Waals surface area contributed by atoms with Crippen molar-refractivity contribution in [2.75, 3.05) is 6.26 Å². The van der Waals surface area contributed by atoms with Gasteiger partial charge in [0.05, 0.1) is 0 Å². The van der Waals surface area contributed by atoms with Crippen LogP contribution < -0.4 is 0 Å². The van der Waals surface area contributed by atoms with Crippen molar-refractivity contribution in [3.63, 3.8) is 0 Å². The number of benzene rings is 2. The molecular weight excluding hydrogens is 322 g/mol. The van der Waals surface area contributed by atoms with Gasteiger partial charge in [0.2, 0.25) is 0 Å². The van der Waals surface area contributed by atoms with E-state index in [9.17, 15) is 23.5 Å². The molecule has 0 aliphatic heterocycles. The lowest BCUT2D eigenvalue weighted by atomic mass is 9.72. The zero-order valence-electron chi connectivity index (χ0n) is 12.3. The van der Waals surface area contributed by atoms with Gasteiger partial charge in [0.15, 0.2) is 0 Å². The molecule has 23 heavy (non-hydrogen) atoms. The molecule has 0 bridgehead atoms. The molecule has 1 N–H and O–H groups in total. The van der Waals surface area contributed by atoms with E-state index in [1.165, 1.54) is 36.0 Å². The van der Waals surface area contributed by atoms with Crippen LogP contribution in [0, 0.1) is 11.6 Å². The molecule has 6 heteroatoms. The quantitative estimate of drug-likeness (QED) is 0.646. The summed E-state index contributed by atoms with van der Waals surface area (Å²) in [4.78, 5) is 23.7. The lowest BCUT2D eigenvalue weighted by Gasteiger charge is -2.29. The van der Waals surface area contributed by atoms with E-state index in [4.69, 9.17) is 0 Å². The van der Waals surface area contributed by atoms with Gasteiger partial charge in [0, 0.05) is 16.9 Å². The first kappa shape index (κ1) is 17.1. The maximum absolute atomic E-state index is 14.5. The number of thioether (sulfide) groups is 1. The fraction of sp³-hybridized carbons (Fsp3) is 0.176. The predicted molar refractivity (Wildman–Crippen MR) is 83.7 cm³/mol. The maximum atomic E-state index is 14.5. The molecule has 1 atom stereocenters. The number of carboxylic acids is 1.